The summed E-state index contributed by atoms with van der Waals surface area (Å²) in [6.07, 6.45) is 4.65. The number of hydrogen-bond acceptors (Lipinski definition) is 3. The monoisotopic (exact) mass is 440 g/mol. The lowest BCUT2D eigenvalue weighted by atomic mass is 10.2. The summed E-state index contributed by atoms with van der Waals surface area (Å²) in [5.74, 6) is -0.171. The first-order chi connectivity index (χ1) is 12.8. The first-order valence-corrected chi connectivity index (χ1v) is 20.4. The summed E-state index contributed by atoms with van der Waals surface area (Å²) in [6, 6.07) is 7.85. The molecule has 0 atom stereocenters. The number of rotatable bonds is 13. The molecule has 0 aliphatic heterocycles. The molecule has 0 aliphatic carbocycles. The molecule has 1 aromatic carbocycles. The van der Waals surface area contributed by atoms with Gasteiger partial charge in [-0.05, 0) is 68.6 Å². The fourth-order valence-electron chi connectivity index (χ4n) is 4.00. The van der Waals surface area contributed by atoms with E-state index < -0.39 is 30.7 Å². The lowest BCUT2D eigenvalue weighted by molar-refractivity contribution is 0.0697. The lowest BCUT2D eigenvalue weighted by Crippen LogP contribution is -2.48. The maximum Gasteiger partial charge on any atom is 0.335 e. The number of hydrogen-bond donors (Lipinski definition) is 1. The summed E-state index contributed by atoms with van der Waals surface area (Å²) in [7, 11) is -4.17. The minimum absolute atomic E-state index is 0.289. The summed E-state index contributed by atoms with van der Waals surface area (Å²) in [4.78, 5) is 10.8. The average Bonchev–Trinajstić information content (AvgIpc) is 2.50. The zero-order chi connectivity index (χ0) is 21.4. The van der Waals surface area contributed by atoms with E-state index in [1.165, 1.54) is 24.6 Å². The van der Waals surface area contributed by atoms with E-state index in [2.05, 4.69) is 45.8 Å². The molecule has 0 fully saturated rings. The van der Waals surface area contributed by atoms with Gasteiger partial charge in [0.15, 0.2) is 16.6 Å². The fourth-order valence-corrected chi connectivity index (χ4v) is 22.7. The molecular formula is C21H40O4Si3. The van der Waals surface area contributed by atoms with Crippen molar-refractivity contribution >= 4 is 30.7 Å². The summed E-state index contributed by atoms with van der Waals surface area (Å²) >= 11 is 0. The van der Waals surface area contributed by atoms with Crippen LogP contribution in [0.5, 0.6) is 5.75 Å². The van der Waals surface area contributed by atoms with Crippen LogP contribution in [0.15, 0.2) is 24.3 Å². The van der Waals surface area contributed by atoms with Crippen molar-refractivity contribution < 1.29 is 18.8 Å². The quantitative estimate of drug-likeness (QED) is 0.276. The molecule has 0 bridgehead atoms. The Balaban J connectivity index is 2.21. The van der Waals surface area contributed by atoms with E-state index in [4.69, 9.17) is 14.0 Å². The van der Waals surface area contributed by atoms with Crippen molar-refractivity contribution in [1.82, 2.24) is 0 Å². The second kappa shape index (κ2) is 10.8. The van der Waals surface area contributed by atoms with Gasteiger partial charge in [0.25, 0.3) is 0 Å². The number of unbranched alkanes of at least 4 members (excludes halogenated alkanes) is 3. The topological polar surface area (TPSA) is 55.8 Å². The van der Waals surface area contributed by atoms with Crippen molar-refractivity contribution in [2.45, 2.75) is 83.2 Å². The molecule has 0 radical (unpaired) electrons. The summed E-state index contributed by atoms with van der Waals surface area (Å²) in [5.41, 5.74) is 1.64. The highest BCUT2D eigenvalue weighted by molar-refractivity contribution is 6.95. The Morgan fingerprint density at radius 1 is 0.857 bits per heavy atom. The Kier molecular flexibility index (Phi) is 9.66. The van der Waals surface area contributed by atoms with Crippen LogP contribution in [0.2, 0.25) is 57.5 Å². The van der Waals surface area contributed by atoms with Gasteiger partial charge < -0.3 is 14.0 Å². The molecule has 0 unspecified atom stereocenters. The minimum Gasteiger partial charge on any atom is -0.494 e. The van der Waals surface area contributed by atoms with Gasteiger partial charge in [-0.3, -0.25) is 0 Å². The van der Waals surface area contributed by atoms with Crippen LogP contribution < -0.4 is 4.74 Å². The maximum absolute atomic E-state index is 10.8. The molecule has 0 aliphatic rings. The van der Waals surface area contributed by atoms with E-state index in [9.17, 15) is 4.79 Å². The molecule has 0 saturated heterocycles. The van der Waals surface area contributed by atoms with Gasteiger partial charge in [0.2, 0.25) is 0 Å². The SMILES string of the molecule is C[Si](C)(C)C[Si](C)(C)O[Si](C)(C)CCCCCCOc1ccc(C(=O)O)cc1. The largest absolute Gasteiger partial charge is 0.494 e. The third-order valence-corrected chi connectivity index (χ3v) is 18.2. The third kappa shape index (κ3) is 11.2. The van der Waals surface area contributed by atoms with Crippen LogP contribution in [-0.2, 0) is 4.12 Å². The van der Waals surface area contributed by atoms with Crippen LogP contribution in [0.25, 0.3) is 0 Å². The van der Waals surface area contributed by atoms with Crippen LogP contribution in [-0.4, -0.2) is 42.4 Å². The van der Waals surface area contributed by atoms with Crippen molar-refractivity contribution in [1.29, 1.82) is 0 Å². The summed E-state index contributed by atoms with van der Waals surface area (Å²) in [5, 5.41) is 8.90. The molecule has 0 amide bonds. The van der Waals surface area contributed by atoms with E-state index in [0.717, 1.165) is 18.6 Å². The van der Waals surface area contributed by atoms with Gasteiger partial charge in [-0.25, -0.2) is 4.79 Å². The Morgan fingerprint density at radius 3 is 1.96 bits per heavy atom. The second-order valence-corrected chi connectivity index (χ2v) is 25.1. The van der Waals surface area contributed by atoms with Crippen molar-refractivity contribution in [3.8, 4) is 5.75 Å². The number of aromatic carboxylic acids is 1. The predicted octanol–water partition coefficient (Wildman–Crippen LogP) is 6.63. The van der Waals surface area contributed by atoms with E-state index in [-0.39, 0.29) is 5.56 Å². The Morgan fingerprint density at radius 2 is 1.43 bits per heavy atom. The van der Waals surface area contributed by atoms with E-state index >= 15 is 0 Å². The van der Waals surface area contributed by atoms with Crippen LogP contribution in [0.1, 0.15) is 36.0 Å². The second-order valence-electron chi connectivity index (χ2n) is 10.2. The van der Waals surface area contributed by atoms with Crippen LogP contribution in [0, 0.1) is 0 Å². The summed E-state index contributed by atoms with van der Waals surface area (Å²) < 4.78 is 12.5. The van der Waals surface area contributed by atoms with Crippen molar-refractivity contribution in [3.63, 3.8) is 0 Å². The normalized spacial score (nSPS) is 12.8. The third-order valence-electron chi connectivity index (χ3n) is 4.55. The highest BCUT2D eigenvalue weighted by atomic mass is 28.4. The molecule has 1 rings (SSSR count). The van der Waals surface area contributed by atoms with Gasteiger partial charge in [-0.2, -0.15) is 0 Å². The first-order valence-electron chi connectivity index (χ1n) is 10.5. The molecule has 160 valence electrons. The lowest BCUT2D eigenvalue weighted by Gasteiger charge is -2.37. The smallest absolute Gasteiger partial charge is 0.335 e. The number of carboxylic acids is 1. The molecule has 1 N–H and O–H groups in total. The molecule has 1 aromatic rings. The molecule has 28 heavy (non-hydrogen) atoms. The maximum atomic E-state index is 10.8. The number of carbonyl (C=O) groups is 1. The first kappa shape index (κ1) is 25.1. The minimum atomic E-state index is -1.57. The van der Waals surface area contributed by atoms with Gasteiger partial charge >= 0.3 is 5.97 Å². The zero-order valence-corrected chi connectivity index (χ0v) is 21.9. The number of carboxylic acid groups (broad SMARTS) is 1. The van der Waals surface area contributed by atoms with Gasteiger partial charge in [0, 0.05) is 8.07 Å². The Bertz CT molecular complexity index is 607. The highest BCUT2D eigenvalue weighted by Crippen LogP contribution is 2.27. The van der Waals surface area contributed by atoms with Crippen molar-refractivity contribution in [2.24, 2.45) is 0 Å². The standard InChI is InChI=1S/C21H40O4Si3/c1-26(2,3)18-28(6,7)25-27(4,5)17-11-9-8-10-16-24-20-14-12-19(13-15-20)21(22)23/h12-15H,8-11,16-18H2,1-7H3,(H,22,23). The fraction of sp³-hybridized carbons (Fsp3) is 0.667. The molecule has 0 heterocycles. The van der Waals surface area contributed by atoms with Crippen molar-refractivity contribution in [2.75, 3.05) is 6.61 Å². The van der Waals surface area contributed by atoms with Gasteiger partial charge in [0.05, 0.1) is 12.2 Å². The Labute approximate surface area is 174 Å². The van der Waals surface area contributed by atoms with E-state index in [0.29, 0.717) is 6.61 Å². The van der Waals surface area contributed by atoms with E-state index in [1.54, 1.807) is 24.3 Å². The average molecular weight is 441 g/mol. The molecule has 4 nitrogen and oxygen atoms in total. The molecule has 0 saturated carbocycles. The van der Waals surface area contributed by atoms with Gasteiger partial charge in [-0.1, -0.05) is 38.9 Å². The number of ether oxygens (including phenoxy) is 1. The Hall–Kier alpha value is -0.899. The molecular weight excluding hydrogens is 400 g/mol. The van der Waals surface area contributed by atoms with Crippen LogP contribution in [0.4, 0.5) is 0 Å². The predicted molar refractivity (Wildman–Crippen MR) is 126 cm³/mol. The summed E-state index contributed by atoms with van der Waals surface area (Å²) in [6.45, 7) is 17.6. The van der Waals surface area contributed by atoms with Crippen LogP contribution in [0.3, 0.4) is 0 Å². The van der Waals surface area contributed by atoms with E-state index in [1.807, 2.05) is 0 Å². The number of benzene rings is 1. The van der Waals surface area contributed by atoms with Crippen LogP contribution >= 0.6 is 0 Å². The van der Waals surface area contributed by atoms with Gasteiger partial charge in [0.1, 0.15) is 5.75 Å². The highest BCUT2D eigenvalue weighted by Gasteiger charge is 2.36. The molecule has 0 aromatic heterocycles. The van der Waals surface area contributed by atoms with Crippen molar-refractivity contribution in [3.05, 3.63) is 29.8 Å². The molecule has 0 spiro atoms. The molecule has 7 heteroatoms. The van der Waals surface area contributed by atoms with Gasteiger partial charge in [-0.15, -0.1) is 0 Å². The zero-order valence-electron chi connectivity index (χ0n) is 18.9.